The summed E-state index contributed by atoms with van der Waals surface area (Å²) >= 11 is 1.58. The molecular weight excluding hydrogens is 408 g/mol. The molecule has 0 unspecified atom stereocenters. The van der Waals surface area contributed by atoms with Crippen LogP contribution in [0.1, 0.15) is 26.3 Å². The van der Waals surface area contributed by atoms with Gasteiger partial charge in [-0.05, 0) is 54.4 Å². The van der Waals surface area contributed by atoms with Crippen molar-refractivity contribution in [3.05, 3.63) is 60.3 Å². The zero-order valence-electron chi connectivity index (χ0n) is 17.6. The van der Waals surface area contributed by atoms with Gasteiger partial charge in [0.05, 0.1) is 16.9 Å². The summed E-state index contributed by atoms with van der Waals surface area (Å²) in [6, 6.07) is 17.2. The number of nitrogens with one attached hydrogen (secondary N) is 3. The van der Waals surface area contributed by atoms with Crippen LogP contribution in [0.4, 0.5) is 17.3 Å². The minimum atomic E-state index is -0.169. The maximum atomic E-state index is 12.0. The Hall–Kier alpha value is -3.41. The van der Waals surface area contributed by atoms with E-state index in [2.05, 4.69) is 38.3 Å². The third-order valence-electron chi connectivity index (χ3n) is 4.32. The lowest BCUT2D eigenvalue weighted by Crippen LogP contribution is -2.18. The smallest absolute Gasteiger partial charge is 0.227 e. The lowest BCUT2D eigenvalue weighted by atomic mass is 10.1. The molecule has 8 heteroatoms. The Morgan fingerprint density at radius 1 is 1.16 bits per heavy atom. The number of hydrogen-bond donors (Lipinski definition) is 3. The van der Waals surface area contributed by atoms with Crippen molar-refractivity contribution in [3.63, 3.8) is 0 Å². The summed E-state index contributed by atoms with van der Waals surface area (Å²) in [6.45, 7) is 6.56. The zero-order chi connectivity index (χ0) is 22.2. The average molecular weight is 433 g/mol. The molecule has 0 aliphatic carbocycles. The first-order valence-electron chi connectivity index (χ1n) is 9.95. The van der Waals surface area contributed by atoms with Crippen molar-refractivity contribution in [2.24, 2.45) is 5.92 Å². The maximum Gasteiger partial charge on any atom is 0.227 e. The van der Waals surface area contributed by atoms with Crippen molar-refractivity contribution in [3.8, 4) is 17.3 Å². The summed E-state index contributed by atoms with van der Waals surface area (Å²) in [5.41, 5.74) is 3.20. The molecule has 3 rings (SSSR count). The second-order valence-electron chi connectivity index (χ2n) is 7.03. The van der Waals surface area contributed by atoms with Crippen molar-refractivity contribution >= 4 is 35.2 Å². The summed E-state index contributed by atoms with van der Waals surface area (Å²) in [5.74, 6) is 0.158. The number of carbonyl (C=O) groups is 1. The molecule has 0 aliphatic rings. The van der Waals surface area contributed by atoms with Crippen molar-refractivity contribution in [1.82, 2.24) is 14.7 Å². The van der Waals surface area contributed by atoms with Gasteiger partial charge >= 0.3 is 0 Å². The largest absolute Gasteiger partial charge is 0.325 e. The van der Waals surface area contributed by atoms with Crippen LogP contribution in [0.5, 0.6) is 0 Å². The van der Waals surface area contributed by atoms with Crippen LogP contribution >= 0.6 is 11.9 Å². The zero-order valence-corrected chi connectivity index (χ0v) is 18.5. The first-order valence-corrected chi connectivity index (χ1v) is 10.8. The normalized spacial score (nSPS) is 10.5. The van der Waals surface area contributed by atoms with Crippen LogP contribution < -0.4 is 15.4 Å². The second-order valence-corrected chi connectivity index (χ2v) is 8.00. The highest BCUT2D eigenvalue weighted by molar-refractivity contribution is 7.97. The molecule has 0 saturated heterocycles. The molecule has 0 fully saturated rings. The highest BCUT2D eigenvalue weighted by Gasteiger charge is 2.12. The number of nitriles is 1. The van der Waals surface area contributed by atoms with E-state index < -0.39 is 0 Å². The third kappa shape index (κ3) is 6.04. The fourth-order valence-corrected chi connectivity index (χ4v) is 3.24. The van der Waals surface area contributed by atoms with Crippen LogP contribution in [0.3, 0.4) is 0 Å². The Balaban J connectivity index is 1.78. The quantitative estimate of drug-likeness (QED) is 0.432. The minimum absolute atomic E-state index is 0.132. The molecule has 0 radical (unpaired) electrons. The van der Waals surface area contributed by atoms with Gasteiger partial charge in [-0.3, -0.25) is 9.52 Å². The Kier molecular flexibility index (Phi) is 7.60. The number of rotatable bonds is 8. The van der Waals surface area contributed by atoms with E-state index in [0.29, 0.717) is 22.9 Å². The predicted molar refractivity (Wildman–Crippen MR) is 125 cm³/mol. The van der Waals surface area contributed by atoms with Gasteiger partial charge in [-0.15, -0.1) is 0 Å². The summed E-state index contributed by atoms with van der Waals surface area (Å²) < 4.78 is 3.21. The van der Waals surface area contributed by atoms with Crippen LogP contribution in [0, 0.1) is 17.2 Å². The maximum absolute atomic E-state index is 12.0. The van der Waals surface area contributed by atoms with Crippen LogP contribution in [0.25, 0.3) is 11.3 Å². The van der Waals surface area contributed by atoms with Gasteiger partial charge in [-0.1, -0.05) is 26.8 Å². The van der Waals surface area contributed by atoms with Crippen LogP contribution in [-0.4, -0.2) is 22.4 Å². The van der Waals surface area contributed by atoms with Crippen LogP contribution in [-0.2, 0) is 4.79 Å². The van der Waals surface area contributed by atoms with E-state index in [1.165, 1.54) is 0 Å². The van der Waals surface area contributed by atoms with Gasteiger partial charge in [0.15, 0.2) is 0 Å². The molecule has 3 N–H and O–H groups in total. The molecule has 2 aromatic carbocycles. The van der Waals surface area contributed by atoms with Gasteiger partial charge in [0.1, 0.15) is 6.07 Å². The molecule has 1 aromatic heterocycles. The molecule has 7 nitrogen and oxygen atoms in total. The van der Waals surface area contributed by atoms with Gasteiger partial charge in [0.25, 0.3) is 0 Å². The molecule has 0 bridgehead atoms. The number of anilines is 3. The van der Waals surface area contributed by atoms with Gasteiger partial charge in [0.2, 0.25) is 11.9 Å². The van der Waals surface area contributed by atoms with Gasteiger partial charge < -0.3 is 10.6 Å². The number of amides is 1. The highest BCUT2D eigenvalue weighted by Crippen LogP contribution is 2.25. The van der Waals surface area contributed by atoms with E-state index in [1.54, 1.807) is 50.2 Å². The predicted octanol–water partition coefficient (Wildman–Crippen LogP) is 4.97. The topological polar surface area (TPSA) is 103 Å². The molecule has 31 heavy (non-hydrogen) atoms. The Morgan fingerprint density at radius 3 is 2.61 bits per heavy atom. The monoisotopic (exact) mass is 432 g/mol. The van der Waals surface area contributed by atoms with Gasteiger partial charge in [-0.2, -0.15) is 5.26 Å². The Labute approximate surface area is 186 Å². The van der Waals surface area contributed by atoms with Crippen molar-refractivity contribution in [1.29, 1.82) is 5.26 Å². The molecule has 0 saturated carbocycles. The van der Waals surface area contributed by atoms with E-state index in [-0.39, 0.29) is 11.8 Å². The molecule has 1 heterocycles. The van der Waals surface area contributed by atoms with Gasteiger partial charge in [-0.25, -0.2) is 9.97 Å². The average Bonchev–Trinajstić information content (AvgIpc) is 2.79. The van der Waals surface area contributed by atoms with E-state index in [4.69, 9.17) is 0 Å². The molecule has 0 spiro atoms. The van der Waals surface area contributed by atoms with Crippen molar-refractivity contribution < 1.29 is 4.79 Å². The first-order chi connectivity index (χ1) is 15.0. The lowest BCUT2D eigenvalue weighted by Gasteiger charge is -2.11. The summed E-state index contributed by atoms with van der Waals surface area (Å²) in [5, 5.41) is 15.5. The number of nitrogens with zero attached hydrogens (tertiary/aromatic N) is 3. The van der Waals surface area contributed by atoms with Gasteiger partial charge in [0, 0.05) is 34.8 Å². The highest BCUT2D eigenvalue weighted by atomic mass is 32.2. The lowest BCUT2D eigenvalue weighted by molar-refractivity contribution is -0.118. The molecular formula is C23H24N6OS. The molecule has 1 amide bonds. The first kappa shape index (κ1) is 22.3. The SMILES string of the molecule is CCNSc1ccc(Nc2nccc(-c3ccc(NC(=O)C(C)C)c(C#N)c3)n2)cc1. The third-order valence-corrected chi connectivity index (χ3v) is 5.26. The molecule has 158 valence electrons. The van der Waals surface area contributed by atoms with E-state index in [1.807, 2.05) is 30.3 Å². The standard InChI is InChI=1S/C23H24N6OS/c1-4-26-31-19-8-6-18(7-9-19)27-23-25-12-11-21(29-23)16-5-10-20(17(13-16)14-24)28-22(30)15(2)3/h5-13,15,26H,4H2,1-3H3,(H,28,30)(H,25,27,29). The number of benzene rings is 2. The summed E-state index contributed by atoms with van der Waals surface area (Å²) in [7, 11) is 0. The molecule has 0 atom stereocenters. The van der Waals surface area contributed by atoms with Crippen LogP contribution in [0.15, 0.2) is 59.6 Å². The fourth-order valence-electron chi connectivity index (χ4n) is 2.65. The Morgan fingerprint density at radius 2 is 1.94 bits per heavy atom. The second kappa shape index (κ2) is 10.6. The summed E-state index contributed by atoms with van der Waals surface area (Å²) in [4.78, 5) is 22.0. The molecule has 3 aromatic rings. The number of aromatic nitrogens is 2. The molecule has 0 aliphatic heterocycles. The number of carbonyl (C=O) groups excluding carboxylic acids is 1. The Bertz CT molecular complexity index is 1090. The fraction of sp³-hybridized carbons (Fsp3) is 0.217. The van der Waals surface area contributed by atoms with Crippen LogP contribution in [0.2, 0.25) is 0 Å². The van der Waals surface area contributed by atoms with E-state index in [9.17, 15) is 10.1 Å². The van der Waals surface area contributed by atoms with Crippen molar-refractivity contribution in [2.75, 3.05) is 17.2 Å². The van der Waals surface area contributed by atoms with E-state index in [0.717, 1.165) is 22.7 Å². The van der Waals surface area contributed by atoms with Crippen molar-refractivity contribution in [2.45, 2.75) is 25.7 Å². The summed E-state index contributed by atoms with van der Waals surface area (Å²) in [6.07, 6.45) is 1.67. The number of hydrogen-bond acceptors (Lipinski definition) is 7. The van der Waals surface area contributed by atoms with E-state index >= 15 is 0 Å². The minimum Gasteiger partial charge on any atom is -0.325 e.